The number of amides is 1. The van der Waals surface area contributed by atoms with E-state index in [2.05, 4.69) is 32.1 Å². The molecule has 1 aliphatic heterocycles. The molecule has 0 aliphatic carbocycles. The first kappa shape index (κ1) is 15.1. The number of nitrogens with zero attached hydrogens (tertiary/aromatic N) is 4. The molecule has 6 nitrogen and oxygen atoms in total. The summed E-state index contributed by atoms with van der Waals surface area (Å²) in [5, 5.41) is 3.38. The highest BCUT2D eigenvalue weighted by molar-refractivity contribution is 7.15. The number of nitrogens with one attached hydrogen (secondary N) is 1. The molecule has 1 unspecified atom stereocenters. The Kier molecular flexibility index (Phi) is 4.74. The maximum atomic E-state index is 12.0. The van der Waals surface area contributed by atoms with Crippen LogP contribution in [-0.4, -0.2) is 38.3 Å². The third-order valence-electron chi connectivity index (χ3n) is 3.87. The van der Waals surface area contributed by atoms with Crippen molar-refractivity contribution < 1.29 is 4.79 Å². The number of hydrogen-bond donors (Lipinski definition) is 1. The van der Waals surface area contributed by atoms with Gasteiger partial charge < -0.3 is 0 Å². The van der Waals surface area contributed by atoms with Gasteiger partial charge in [-0.05, 0) is 26.3 Å². The standard InChI is InChI=1S/C15H19N5OS/c1-11-4-2-3-7-20(11)10-12-8-18-15(22-12)19-14(21)13-9-16-5-6-17-13/h5-6,8-9,11H,2-4,7,10H2,1H3,(H,18,19,21). The van der Waals surface area contributed by atoms with Crippen molar-refractivity contribution in [1.82, 2.24) is 19.9 Å². The van der Waals surface area contributed by atoms with E-state index in [0.29, 0.717) is 16.9 Å². The minimum atomic E-state index is -0.277. The van der Waals surface area contributed by atoms with Gasteiger partial charge in [0.2, 0.25) is 0 Å². The number of rotatable bonds is 4. The summed E-state index contributed by atoms with van der Waals surface area (Å²) in [7, 11) is 0. The number of thiazole rings is 1. The van der Waals surface area contributed by atoms with E-state index in [-0.39, 0.29) is 5.91 Å². The molecule has 0 spiro atoms. The van der Waals surface area contributed by atoms with Gasteiger partial charge in [0.05, 0.1) is 6.20 Å². The van der Waals surface area contributed by atoms with Crippen LogP contribution in [0.2, 0.25) is 0 Å². The number of piperidine rings is 1. The van der Waals surface area contributed by atoms with Crippen molar-refractivity contribution in [3.05, 3.63) is 35.4 Å². The van der Waals surface area contributed by atoms with Gasteiger partial charge in [-0.1, -0.05) is 6.42 Å². The van der Waals surface area contributed by atoms with Crippen molar-refractivity contribution in [2.75, 3.05) is 11.9 Å². The molecule has 0 aromatic carbocycles. The van der Waals surface area contributed by atoms with Crippen molar-refractivity contribution in [3.63, 3.8) is 0 Å². The zero-order valence-corrected chi connectivity index (χ0v) is 13.3. The lowest BCUT2D eigenvalue weighted by Gasteiger charge is -2.32. The molecule has 0 bridgehead atoms. The molecule has 0 radical (unpaired) electrons. The molecule has 1 aliphatic rings. The molecule has 3 heterocycles. The molecule has 22 heavy (non-hydrogen) atoms. The fourth-order valence-corrected chi connectivity index (χ4v) is 3.44. The number of carbonyl (C=O) groups is 1. The van der Waals surface area contributed by atoms with Gasteiger partial charge >= 0.3 is 0 Å². The Balaban J connectivity index is 1.60. The van der Waals surface area contributed by atoms with Gasteiger partial charge in [0.1, 0.15) is 5.69 Å². The van der Waals surface area contributed by atoms with Gasteiger partial charge in [0.15, 0.2) is 5.13 Å². The Hall–Kier alpha value is -1.86. The van der Waals surface area contributed by atoms with Crippen LogP contribution >= 0.6 is 11.3 Å². The summed E-state index contributed by atoms with van der Waals surface area (Å²) in [5.74, 6) is -0.277. The number of likely N-dealkylation sites (tertiary alicyclic amines) is 1. The van der Waals surface area contributed by atoms with Gasteiger partial charge in [-0.25, -0.2) is 9.97 Å². The molecule has 7 heteroatoms. The topological polar surface area (TPSA) is 71.0 Å². The summed E-state index contributed by atoms with van der Waals surface area (Å²) in [5.41, 5.74) is 0.295. The lowest BCUT2D eigenvalue weighted by Crippen LogP contribution is -2.36. The largest absolute Gasteiger partial charge is 0.296 e. The van der Waals surface area contributed by atoms with Crippen LogP contribution in [0.5, 0.6) is 0 Å². The molecule has 2 aromatic rings. The monoisotopic (exact) mass is 317 g/mol. The zero-order chi connectivity index (χ0) is 15.4. The summed E-state index contributed by atoms with van der Waals surface area (Å²) in [6.45, 7) is 4.32. The van der Waals surface area contributed by atoms with E-state index in [1.54, 1.807) is 0 Å². The van der Waals surface area contributed by atoms with Crippen molar-refractivity contribution in [1.29, 1.82) is 0 Å². The van der Waals surface area contributed by atoms with Gasteiger partial charge in [-0.2, -0.15) is 0 Å². The lowest BCUT2D eigenvalue weighted by atomic mass is 10.0. The van der Waals surface area contributed by atoms with E-state index in [4.69, 9.17) is 0 Å². The predicted molar refractivity (Wildman–Crippen MR) is 85.8 cm³/mol. The third-order valence-corrected chi connectivity index (χ3v) is 4.77. The first-order valence-corrected chi connectivity index (χ1v) is 8.30. The molecular weight excluding hydrogens is 298 g/mol. The van der Waals surface area contributed by atoms with Crippen molar-refractivity contribution in [3.8, 4) is 0 Å². The van der Waals surface area contributed by atoms with Crippen LogP contribution in [0.4, 0.5) is 5.13 Å². The second kappa shape index (κ2) is 6.93. The van der Waals surface area contributed by atoms with E-state index < -0.39 is 0 Å². The van der Waals surface area contributed by atoms with Crippen LogP contribution < -0.4 is 5.32 Å². The van der Waals surface area contributed by atoms with Crippen LogP contribution in [0.1, 0.15) is 41.6 Å². The third kappa shape index (κ3) is 3.66. The minimum absolute atomic E-state index is 0.277. The lowest BCUT2D eigenvalue weighted by molar-refractivity contribution is 0.102. The highest BCUT2D eigenvalue weighted by Crippen LogP contribution is 2.24. The maximum absolute atomic E-state index is 12.0. The quantitative estimate of drug-likeness (QED) is 0.938. The Morgan fingerprint density at radius 3 is 3.05 bits per heavy atom. The number of hydrogen-bond acceptors (Lipinski definition) is 6. The van der Waals surface area contributed by atoms with E-state index in [1.807, 2.05) is 6.20 Å². The Morgan fingerprint density at radius 2 is 2.27 bits per heavy atom. The SMILES string of the molecule is CC1CCCCN1Cc1cnc(NC(=O)c2cnccn2)s1. The summed E-state index contributed by atoms with van der Waals surface area (Å²) in [4.78, 5) is 27.8. The molecule has 0 saturated carbocycles. The molecule has 3 rings (SSSR count). The fourth-order valence-electron chi connectivity index (χ4n) is 2.61. The van der Waals surface area contributed by atoms with Crippen LogP contribution in [0.3, 0.4) is 0 Å². The highest BCUT2D eigenvalue weighted by atomic mass is 32.1. The first-order valence-electron chi connectivity index (χ1n) is 7.48. The van der Waals surface area contributed by atoms with Crippen molar-refractivity contribution in [2.45, 2.75) is 38.8 Å². The summed E-state index contributed by atoms with van der Waals surface area (Å²) in [6.07, 6.45) is 10.2. The molecule has 1 amide bonds. The normalized spacial score (nSPS) is 19.0. The predicted octanol–water partition coefficient (Wildman–Crippen LogP) is 2.56. The van der Waals surface area contributed by atoms with Crippen LogP contribution in [0.15, 0.2) is 24.8 Å². The molecule has 1 saturated heterocycles. The Bertz CT molecular complexity index is 630. The maximum Gasteiger partial charge on any atom is 0.277 e. The molecule has 2 aromatic heterocycles. The van der Waals surface area contributed by atoms with Gasteiger partial charge in [-0.3, -0.25) is 20.0 Å². The van der Waals surface area contributed by atoms with E-state index in [9.17, 15) is 4.79 Å². The van der Waals surface area contributed by atoms with E-state index >= 15 is 0 Å². The minimum Gasteiger partial charge on any atom is -0.296 e. The average molecular weight is 317 g/mol. The van der Waals surface area contributed by atoms with Crippen molar-refractivity contribution in [2.24, 2.45) is 0 Å². The fraction of sp³-hybridized carbons (Fsp3) is 0.467. The number of aromatic nitrogens is 3. The van der Waals surface area contributed by atoms with Gasteiger partial charge in [0.25, 0.3) is 5.91 Å². The van der Waals surface area contributed by atoms with E-state index in [0.717, 1.165) is 13.1 Å². The molecular formula is C15H19N5OS. The number of carbonyl (C=O) groups excluding carboxylic acids is 1. The molecule has 1 N–H and O–H groups in total. The summed E-state index contributed by atoms with van der Waals surface area (Å²) >= 11 is 1.52. The number of anilines is 1. The van der Waals surface area contributed by atoms with E-state index in [1.165, 1.54) is 54.1 Å². The van der Waals surface area contributed by atoms with Crippen LogP contribution in [-0.2, 0) is 6.54 Å². The molecule has 116 valence electrons. The van der Waals surface area contributed by atoms with Gasteiger partial charge in [0, 0.05) is 36.1 Å². The second-order valence-corrected chi connectivity index (χ2v) is 6.61. The van der Waals surface area contributed by atoms with Gasteiger partial charge in [-0.15, -0.1) is 11.3 Å². The average Bonchev–Trinajstić information content (AvgIpc) is 2.97. The molecule has 1 fully saturated rings. The zero-order valence-electron chi connectivity index (χ0n) is 12.5. The Morgan fingerprint density at radius 1 is 1.36 bits per heavy atom. The smallest absolute Gasteiger partial charge is 0.277 e. The first-order chi connectivity index (χ1) is 10.7. The van der Waals surface area contributed by atoms with Crippen molar-refractivity contribution >= 4 is 22.4 Å². The molecule has 1 atom stereocenters. The van der Waals surface area contributed by atoms with Crippen LogP contribution in [0, 0.1) is 0 Å². The Labute approximate surface area is 133 Å². The van der Waals surface area contributed by atoms with Crippen LogP contribution in [0.25, 0.3) is 0 Å². The summed E-state index contributed by atoms with van der Waals surface area (Å²) < 4.78 is 0. The summed E-state index contributed by atoms with van der Waals surface area (Å²) in [6, 6.07) is 0.619. The highest BCUT2D eigenvalue weighted by Gasteiger charge is 2.19. The second-order valence-electron chi connectivity index (χ2n) is 5.49.